The Bertz CT molecular complexity index is 658. The van der Waals surface area contributed by atoms with Crippen LogP contribution in [0.25, 0.3) is 0 Å². The van der Waals surface area contributed by atoms with Crippen molar-refractivity contribution in [3.63, 3.8) is 0 Å². The van der Waals surface area contributed by atoms with E-state index in [1.165, 1.54) is 12.1 Å². The number of amides is 1. The lowest BCUT2D eigenvalue weighted by molar-refractivity contribution is -0.153. The molecule has 9 heteroatoms. The van der Waals surface area contributed by atoms with Crippen LogP contribution in [0.15, 0.2) is 18.2 Å². The topological polar surface area (TPSA) is 76.7 Å². The molecule has 1 aromatic rings. The standard InChI is InChI=1S/C18H23F3N2O4/c1-26-17(25)13-3-4-14(15(10-13)27-11-18(19,20)21)23-16(24)5-2-12-6-8-22-9-7-12/h3-4,10,12,22H,2,5-9,11H2,1H3,(H,23,24). The van der Waals surface area contributed by atoms with Gasteiger partial charge in [-0.05, 0) is 56.5 Å². The van der Waals surface area contributed by atoms with E-state index in [9.17, 15) is 22.8 Å². The molecule has 2 N–H and O–H groups in total. The van der Waals surface area contributed by atoms with Gasteiger partial charge >= 0.3 is 12.1 Å². The van der Waals surface area contributed by atoms with Gasteiger partial charge in [0, 0.05) is 6.42 Å². The number of alkyl halides is 3. The first-order valence-corrected chi connectivity index (χ1v) is 8.71. The molecule has 0 unspecified atom stereocenters. The summed E-state index contributed by atoms with van der Waals surface area (Å²) in [4.78, 5) is 23.8. The minimum Gasteiger partial charge on any atom is -0.482 e. The van der Waals surface area contributed by atoms with Gasteiger partial charge in [0.2, 0.25) is 5.91 Å². The number of piperidine rings is 1. The Morgan fingerprint density at radius 2 is 1.96 bits per heavy atom. The van der Waals surface area contributed by atoms with Crippen LogP contribution < -0.4 is 15.4 Å². The van der Waals surface area contributed by atoms with Crippen LogP contribution in [-0.2, 0) is 9.53 Å². The summed E-state index contributed by atoms with van der Waals surface area (Å²) >= 11 is 0. The Morgan fingerprint density at radius 1 is 1.26 bits per heavy atom. The SMILES string of the molecule is COC(=O)c1ccc(NC(=O)CCC2CCNCC2)c(OCC(F)(F)F)c1. The lowest BCUT2D eigenvalue weighted by Crippen LogP contribution is -2.28. The highest BCUT2D eigenvalue weighted by Gasteiger charge is 2.29. The number of ether oxygens (including phenoxy) is 2. The molecule has 1 aliphatic rings. The molecule has 1 aliphatic heterocycles. The van der Waals surface area contributed by atoms with Gasteiger partial charge < -0.3 is 20.1 Å². The molecule has 1 saturated heterocycles. The molecule has 1 amide bonds. The number of esters is 1. The van der Waals surface area contributed by atoms with E-state index in [4.69, 9.17) is 4.74 Å². The van der Waals surface area contributed by atoms with Gasteiger partial charge in [0.1, 0.15) is 5.75 Å². The quantitative estimate of drug-likeness (QED) is 0.702. The first kappa shape index (κ1) is 21.0. The van der Waals surface area contributed by atoms with Gasteiger partial charge in [0.15, 0.2) is 6.61 Å². The van der Waals surface area contributed by atoms with Crippen LogP contribution in [0.3, 0.4) is 0 Å². The van der Waals surface area contributed by atoms with E-state index in [-0.39, 0.29) is 29.3 Å². The Kier molecular flexibility index (Phi) is 7.46. The molecule has 0 saturated carbocycles. The molecule has 0 aromatic heterocycles. The van der Waals surface area contributed by atoms with E-state index < -0.39 is 18.8 Å². The maximum absolute atomic E-state index is 12.5. The highest BCUT2D eigenvalue weighted by molar-refractivity contribution is 5.95. The number of carbonyl (C=O) groups is 2. The van der Waals surface area contributed by atoms with Crippen LogP contribution >= 0.6 is 0 Å². The van der Waals surface area contributed by atoms with Crippen LogP contribution in [0.2, 0.25) is 0 Å². The smallest absolute Gasteiger partial charge is 0.422 e. The predicted molar refractivity (Wildman–Crippen MR) is 92.8 cm³/mol. The summed E-state index contributed by atoms with van der Waals surface area (Å²) in [5.41, 5.74) is 0.115. The van der Waals surface area contributed by atoms with Crippen molar-refractivity contribution in [2.24, 2.45) is 5.92 Å². The normalized spacial score (nSPS) is 15.3. The lowest BCUT2D eigenvalue weighted by Gasteiger charge is -2.22. The summed E-state index contributed by atoms with van der Waals surface area (Å²) in [5.74, 6) is -0.794. The summed E-state index contributed by atoms with van der Waals surface area (Å²) in [6, 6.07) is 3.81. The first-order chi connectivity index (χ1) is 12.8. The number of nitrogens with one attached hydrogen (secondary N) is 2. The van der Waals surface area contributed by atoms with Crippen LogP contribution in [0.4, 0.5) is 18.9 Å². The van der Waals surface area contributed by atoms with E-state index in [0.29, 0.717) is 12.3 Å². The third-order valence-electron chi connectivity index (χ3n) is 4.31. The largest absolute Gasteiger partial charge is 0.482 e. The zero-order valence-electron chi connectivity index (χ0n) is 15.0. The van der Waals surface area contributed by atoms with Gasteiger partial charge in [-0.1, -0.05) is 0 Å². The van der Waals surface area contributed by atoms with Gasteiger partial charge in [0.25, 0.3) is 0 Å². The minimum atomic E-state index is -4.54. The highest BCUT2D eigenvalue weighted by atomic mass is 19.4. The molecule has 2 rings (SSSR count). The van der Waals surface area contributed by atoms with Crippen molar-refractivity contribution in [3.05, 3.63) is 23.8 Å². The van der Waals surface area contributed by atoms with Crippen molar-refractivity contribution in [2.75, 3.05) is 32.1 Å². The molecule has 1 heterocycles. The fourth-order valence-corrected chi connectivity index (χ4v) is 2.87. The summed E-state index contributed by atoms with van der Waals surface area (Å²) in [6.45, 7) is 0.322. The fraction of sp³-hybridized carbons (Fsp3) is 0.556. The molecular weight excluding hydrogens is 365 g/mol. The van der Waals surface area contributed by atoms with Gasteiger partial charge in [-0.3, -0.25) is 4.79 Å². The molecule has 6 nitrogen and oxygen atoms in total. The average molecular weight is 388 g/mol. The Hall–Kier alpha value is -2.29. The monoisotopic (exact) mass is 388 g/mol. The summed E-state index contributed by atoms with van der Waals surface area (Å²) in [5, 5.41) is 5.82. The van der Waals surface area contributed by atoms with E-state index in [1.54, 1.807) is 0 Å². The molecule has 0 radical (unpaired) electrons. The number of hydrogen-bond donors (Lipinski definition) is 2. The van der Waals surface area contributed by atoms with Crippen molar-refractivity contribution in [2.45, 2.75) is 31.9 Å². The molecule has 0 atom stereocenters. The second-order valence-corrected chi connectivity index (χ2v) is 6.39. The van der Waals surface area contributed by atoms with Crippen molar-refractivity contribution < 1.29 is 32.2 Å². The van der Waals surface area contributed by atoms with Crippen LogP contribution in [0.1, 0.15) is 36.0 Å². The lowest BCUT2D eigenvalue weighted by atomic mass is 9.93. The summed E-state index contributed by atoms with van der Waals surface area (Å²) in [6.07, 6.45) is -1.56. The van der Waals surface area contributed by atoms with Gasteiger partial charge in [-0.2, -0.15) is 13.2 Å². The van der Waals surface area contributed by atoms with E-state index in [1.807, 2.05) is 0 Å². The van der Waals surface area contributed by atoms with Crippen molar-refractivity contribution in [1.82, 2.24) is 5.32 Å². The number of halogens is 3. The molecule has 0 spiro atoms. The van der Waals surface area contributed by atoms with Crippen LogP contribution in [0.5, 0.6) is 5.75 Å². The average Bonchev–Trinajstić information content (AvgIpc) is 2.65. The van der Waals surface area contributed by atoms with Gasteiger partial charge in [-0.15, -0.1) is 0 Å². The summed E-state index contributed by atoms with van der Waals surface area (Å²) < 4.78 is 46.8. The number of rotatable bonds is 7. The molecule has 1 fully saturated rings. The van der Waals surface area contributed by atoms with Crippen molar-refractivity contribution >= 4 is 17.6 Å². The number of hydrogen-bond acceptors (Lipinski definition) is 5. The maximum atomic E-state index is 12.5. The van der Waals surface area contributed by atoms with E-state index in [2.05, 4.69) is 15.4 Å². The van der Waals surface area contributed by atoms with Crippen LogP contribution in [-0.4, -0.2) is 44.9 Å². The molecule has 0 aliphatic carbocycles. The highest BCUT2D eigenvalue weighted by Crippen LogP contribution is 2.29. The third kappa shape index (κ3) is 7.09. The minimum absolute atomic E-state index is 0.0300. The zero-order valence-corrected chi connectivity index (χ0v) is 15.0. The molecule has 0 bridgehead atoms. The molecule has 27 heavy (non-hydrogen) atoms. The molecular formula is C18H23F3N2O4. The molecule has 150 valence electrons. The van der Waals surface area contributed by atoms with Gasteiger partial charge in [-0.25, -0.2) is 4.79 Å². The first-order valence-electron chi connectivity index (χ1n) is 8.71. The number of anilines is 1. The Labute approximate surface area is 155 Å². The predicted octanol–water partition coefficient (Wildman–Crippen LogP) is 3.13. The fourth-order valence-electron chi connectivity index (χ4n) is 2.87. The van der Waals surface area contributed by atoms with Crippen LogP contribution in [0, 0.1) is 5.92 Å². The van der Waals surface area contributed by atoms with E-state index >= 15 is 0 Å². The number of methoxy groups -OCH3 is 1. The number of carbonyl (C=O) groups excluding carboxylic acids is 2. The van der Waals surface area contributed by atoms with Gasteiger partial charge in [0.05, 0.1) is 18.4 Å². The number of benzene rings is 1. The third-order valence-corrected chi connectivity index (χ3v) is 4.31. The Balaban J connectivity index is 2.03. The second-order valence-electron chi connectivity index (χ2n) is 6.39. The Morgan fingerprint density at radius 3 is 2.59 bits per heavy atom. The van der Waals surface area contributed by atoms with Crippen molar-refractivity contribution in [3.8, 4) is 5.75 Å². The second kappa shape index (κ2) is 9.59. The zero-order chi connectivity index (χ0) is 19.9. The van der Waals surface area contributed by atoms with E-state index in [0.717, 1.165) is 39.1 Å². The molecule has 1 aromatic carbocycles. The van der Waals surface area contributed by atoms with Crippen molar-refractivity contribution in [1.29, 1.82) is 0 Å². The summed E-state index contributed by atoms with van der Waals surface area (Å²) in [7, 11) is 1.16. The maximum Gasteiger partial charge on any atom is 0.422 e.